The lowest BCUT2D eigenvalue weighted by atomic mass is 10.2. The zero-order chi connectivity index (χ0) is 19.9. The van der Waals surface area contributed by atoms with E-state index in [1.807, 2.05) is 32.0 Å². The summed E-state index contributed by atoms with van der Waals surface area (Å²) in [7, 11) is -3.62. The summed E-state index contributed by atoms with van der Waals surface area (Å²) in [4.78, 5) is 12.1. The van der Waals surface area contributed by atoms with E-state index in [0.29, 0.717) is 12.2 Å². The van der Waals surface area contributed by atoms with Crippen molar-refractivity contribution in [3.05, 3.63) is 53.1 Å². The topological polar surface area (TPSA) is 84.5 Å². The van der Waals surface area contributed by atoms with Gasteiger partial charge in [-0.3, -0.25) is 4.79 Å². The van der Waals surface area contributed by atoms with E-state index in [2.05, 4.69) is 10.0 Å². The number of carbonyl (C=O) groups excluding carboxylic acids is 1. The molecule has 0 spiro atoms. The minimum atomic E-state index is -3.62. The number of halogens is 1. The van der Waals surface area contributed by atoms with E-state index >= 15 is 0 Å². The molecule has 2 rings (SSSR count). The largest absolute Gasteiger partial charge is 0.482 e. The first kappa shape index (κ1) is 21.2. The predicted molar refractivity (Wildman–Crippen MR) is 107 cm³/mol. The SMILES string of the molecule is CCCCNS(=O)(=O)c1ccc(OCC(=O)Nc2cccc(C)c2)c(Cl)c1. The van der Waals surface area contributed by atoms with E-state index in [-0.39, 0.29) is 28.2 Å². The summed E-state index contributed by atoms with van der Waals surface area (Å²) >= 11 is 6.11. The van der Waals surface area contributed by atoms with E-state index in [4.69, 9.17) is 16.3 Å². The summed E-state index contributed by atoms with van der Waals surface area (Å²) in [5.74, 6) is -0.0989. The highest BCUT2D eigenvalue weighted by Gasteiger charge is 2.16. The number of sulfonamides is 1. The second-order valence-electron chi connectivity index (χ2n) is 6.05. The van der Waals surface area contributed by atoms with Crippen LogP contribution in [0, 0.1) is 6.92 Å². The van der Waals surface area contributed by atoms with Crippen LogP contribution in [-0.4, -0.2) is 27.5 Å². The van der Waals surface area contributed by atoms with Gasteiger partial charge in [0.2, 0.25) is 10.0 Å². The average Bonchev–Trinajstić information content (AvgIpc) is 2.60. The number of hydrogen-bond acceptors (Lipinski definition) is 4. The third kappa shape index (κ3) is 6.53. The molecule has 6 nitrogen and oxygen atoms in total. The second kappa shape index (κ2) is 9.73. The van der Waals surface area contributed by atoms with E-state index < -0.39 is 10.0 Å². The van der Waals surface area contributed by atoms with Crippen LogP contribution in [0.1, 0.15) is 25.3 Å². The predicted octanol–water partition coefficient (Wildman–Crippen LogP) is 3.74. The summed E-state index contributed by atoms with van der Waals surface area (Å²) in [5, 5.41) is 2.85. The van der Waals surface area contributed by atoms with Crippen LogP contribution in [-0.2, 0) is 14.8 Å². The van der Waals surface area contributed by atoms with Gasteiger partial charge in [0.1, 0.15) is 5.75 Å². The lowest BCUT2D eigenvalue weighted by Crippen LogP contribution is -2.24. The molecule has 1 amide bonds. The van der Waals surface area contributed by atoms with Gasteiger partial charge < -0.3 is 10.1 Å². The molecule has 2 N–H and O–H groups in total. The Morgan fingerprint density at radius 1 is 1.19 bits per heavy atom. The first-order valence-electron chi connectivity index (χ1n) is 8.60. The van der Waals surface area contributed by atoms with Gasteiger partial charge in [-0.2, -0.15) is 0 Å². The molecular formula is C19H23ClN2O4S. The lowest BCUT2D eigenvalue weighted by molar-refractivity contribution is -0.118. The van der Waals surface area contributed by atoms with Crippen molar-refractivity contribution in [3.63, 3.8) is 0 Å². The molecule has 0 radical (unpaired) electrons. The summed E-state index contributed by atoms with van der Waals surface area (Å²) in [6.45, 7) is 4.04. The van der Waals surface area contributed by atoms with Crippen LogP contribution in [0.5, 0.6) is 5.75 Å². The van der Waals surface area contributed by atoms with Crippen LogP contribution in [0.15, 0.2) is 47.4 Å². The van der Waals surface area contributed by atoms with Gasteiger partial charge >= 0.3 is 0 Å². The normalized spacial score (nSPS) is 11.2. The fraction of sp³-hybridized carbons (Fsp3) is 0.316. The van der Waals surface area contributed by atoms with Crippen LogP contribution < -0.4 is 14.8 Å². The molecule has 146 valence electrons. The molecule has 0 fully saturated rings. The molecule has 8 heteroatoms. The number of aryl methyl sites for hydroxylation is 1. The standard InChI is InChI=1S/C19H23ClN2O4S/c1-3-4-10-21-27(24,25)16-8-9-18(17(20)12-16)26-13-19(23)22-15-7-5-6-14(2)11-15/h5-9,11-12,21H,3-4,10,13H2,1-2H3,(H,22,23). The van der Waals surface area contributed by atoms with Crippen LogP contribution in [0.2, 0.25) is 5.02 Å². The highest BCUT2D eigenvalue weighted by molar-refractivity contribution is 7.89. The molecule has 0 saturated heterocycles. The zero-order valence-electron chi connectivity index (χ0n) is 15.3. The smallest absolute Gasteiger partial charge is 0.262 e. The second-order valence-corrected chi connectivity index (χ2v) is 8.22. The van der Waals surface area contributed by atoms with Crippen molar-refractivity contribution in [2.75, 3.05) is 18.5 Å². The lowest BCUT2D eigenvalue weighted by Gasteiger charge is -2.11. The van der Waals surface area contributed by atoms with E-state index in [0.717, 1.165) is 18.4 Å². The maximum absolute atomic E-state index is 12.2. The van der Waals surface area contributed by atoms with Gasteiger partial charge in [-0.1, -0.05) is 37.1 Å². The Kier molecular flexibility index (Phi) is 7.65. The Balaban J connectivity index is 1.96. The van der Waals surface area contributed by atoms with E-state index in [9.17, 15) is 13.2 Å². The van der Waals surface area contributed by atoms with Crippen molar-refractivity contribution in [1.82, 2.24) is 4.72 Å². The Morgan fingerprint density at radius 2 is 1.96 bits per heavy atom. The number of nitrogens with one attached hydrogen (secondary N) is 2. The minimum absolute atomic E-state index is 0.0557. The molecule has 27 heavy (non-hydrogen) atoms. The number of benzene rings is 2. The molecule has 0 aliphatic rings. The fourth-order valence-corrected chi connectivity index (χ4v) is 3.70. The molecule has 0 bridgehead atoms. The number of ether oxygens (including phenoxy) is 1. The molecule has 2 aromatic rings. The molecule has 0 aliphatic heterocycles. The van der Waals surface area contributed by atoms with Gasteiger partial charge in [-0.25, -0.2) is 13.1 Å². The van der Waals surface area contributed by atoms with Crippen molar-refractivity contribution >= 4 is 33.2 Å². The summed E-state index contributed by atoms with van der Waals surface area (Å²) in [6, 6.07) is 11.5. The average molecular weight is 411 g/mol. The van der Waals surface area contributed by atoms with Gasteiger partial charge in [0.15, 0.2) is 6.61 Å². The summed E-state index contributed by atoms with van der Waals surface area (Å²) in [6.07, 6.45) is 1.64. The van der Waals surface area contributed by atoms with Crippen molar-refractivity contribution in [2.45, 2.75) is 31.6 Å². The van der Waals surface area contributed by atoms with E-state index in [1.54, 1.807) is 6.07 Å². The van der Waals surface area contributed by atoms with Crippen LogP contribution >= 0.6 is 11.6 Å². The van der Waals surface area contributed by atoms with Gasteiger partial charge in [-0.15, -0.1) is 0 Å². The Bertz CT molecular complexity index is 900. The number of amides is 1. The third-order valence-electron chi connectivity index (χ3n) is 3.70. The molecule has 0 atom stereocenters. The van der Waals surface area contributed by atoms with Crippen LogP contribution in [0.25, 0.3) is 0 Å². The Labute approximate surface area is 164 Å². The summed E-state index contributed by atoms with van der Waals surface area (Å²) < 4.78 is 32.3. The maximum Gasteiger partial charge on any atom is 0.262 e. The van der Waals surface area contributed by atoms with Gasteiger partial charge in [0.05, 0.1) is 9.92 Å². The quantitative estimate of drug-likeness (QED) is 0.616. The third-order valence-corrected chi connectivity index (χ3v) is 5.45. The fourth-order valence-electron chi connectivity index (χ4n) is 2.30. The maximum atomic E-state index is 12.2. The number of rotatable bonds is 9. The molecule has 0 heterocycles. The van der Waals surface area contributed by atoms with Gasteiger partial charge in [0.25, 0.3) is 5.91 Å². The highest BCUT2D eigenvalue weighted by Crippen LogP contribution is 2.27. The number of unbranched alkanes of at least 4 members (excludes halogenated alkanes) is 1. The first-order valence-corrected chi connectivity index (χ1v) is 10.5. The Morgan fingerprint density at radius 3 is 2.63 bits per heavy atom. The molecule has 0 aromatic heterocycles. The molecule has 0 aliphatic carbocycles. The molecular weight excluding hydrogens is 388 g/mol. The van der Waals surface area contributed by atoms with Crippen LogP contribution in [0.4, 0.5) is 5.69 Å². The number of hydrogen-bond donors (Lipinski definition) is 2. The van der Waals surface area contributed by atoms with Gasteiger partial charge in [-0.05, 0) is 49.2 Å². The van der Waals surface area contributed by atoms with Crippen molar-refractivity contribution in [2.24, 2.45) is 0 Å². The summed E-state index contributed by atoms with van der Waals surface area (Å²) in [5.41, 5.74) is 1.70. The molecule has 2 aromatic carbocycles. The highest BCUT2D eigenvalue weighted by atomic mass is 35.5. The van der Waals surface area contributed by atoms with Crippen molar-refractivity contribution in [3.8, 4) is 5.75 Å². The minimum Gasteiger partial charge on any atom is -0.482 e. The first-order chi connectivity index (χ1) is 12.8. The number of carbonyl (C=O) groups is 1. The molecule has 0 saturated carbocycles. The Hall–Kier alpha value is -2.09. The van der Waals surface area contributed by atoms with Crippen molar-refractivity contribution < 1.29 is 17.9 Å². The monoisotopic (exact) mass is 410 g/mol. The molecule has 0 unspecified atom stereocenters. The van der Waals surface area contributed by atoms with E-state index in [1.165, 1.54) is 18.2 Å². The zero-order valence-corrected chi connectivity index (χ0v) is 16.9. The van der Waals surface area contributed by atoms with Crippen LogP contribution in [0.3, 0.4) is 0 Å². The van der Waals surface area contributed by atoms with Crippen molar-refractivity contribution in [1.29, 1.82) is 0 Å². The number of anilines is 1. The van der Waals surface area contributed by atoms with Gasteiger partial charge in [0, 0.05) is 12.2 Å².